The number of nitrogens with zero attached hydrogens (tertiary/aromatic N) is 1. The van der Waals surface area contributed by atoms with E-state index in [4.69, 9.17) is 26.5 Å². The zero-order chi connectivity index (χ0) is 25.4. The third-order valence-corrected chi connectivity index (χ3v) is 5.99. The van der Waals surface area contributed by atoms with Gasteiger partial charge in [0, 0.05) is 49.3 Å². The molecule has 0 spiro atoms. The maximum absolute atomic E-state index is 13.5. The monoisotopic (exact) mass is 503 g/mol. The van der Waals surface area contributed by atoms with Gasteiger partial charge < -0.3 is 25.4 Å². The maximum Gasteiger partial charge on any atom is 0.248 e. The van der Waals surface area contributed by atoms with Gasteiger partial charge >= 0.3 is 0 Å². The van der Waals surface area contributed by atoms with Gasteiger partial charge in [-0.15, -0.1) is 0 Å². The molecule has 10 heteroatoms. The summed E-state index contributed by atoms with van der Waals surface area (Å²) in [5, 5.41) is 17.4. The Kier molecular flexibility index (Phi) is 9.47. The number of carbonyl (C=O) groups excluding carboxylic acids is 1. The van der Waals surface area contributed by atoms with E-state index in [1.165, 1.54) is 24.3 Å². The van der Waals surface area contributed by atoms with Crippen molar-refractivity contribution in [2.75, 3.05) is 56.9 Å². The number of hydrogen-bond donors (Lipinski definition) is 4. The number of halogens is 2. The van der Waals surface area contributed by atoms with Crippen molar-refractivity contribution in [2.24, 2.45) is 0 Å². The van der Waals surface area contributed by atoms with Crippen molar-refractivity contribution < 1.29 is 18.7 Å². The van der Waals surface area contributed by atoms with E-state index in [9.17, 15) is 9.18 Å². The lowest BCUT2D eigenvalue weighted by molar-refractivity contribution is -0.112. The van der Waals surface area contributed by atoms with Gasteiger partial charge in [0.05, 0.1) is 17.3 Å². The van der Waals surface area contributed by atoms with Crippen LogP contribution in [-0.2, 0) is 9.53 Å². The SMILES string of the molecule is CNc1cc(OCCOC)c(NC(=O)/C=C/[C@H]2CCCN2C)cc1C(=N)Nc1ccc(F)c(Cl)c1. The Hall–Kier alpha value is -3.14. The van der Waals surface area contributed by atoms with Crippen LogP contribution in [0.4, 0.5) is 21.5 Å². The molecule has 1 aliphatic rings. The molecule has 188 valence electrons. The maximum atomic E-state index is 13.5. The van der Waals surface area contributed by atoms with E-state index in [1.54, 1.807) is 26.3 Å². The lowest BCUT2D eigenvalue weighted by Gasteiger charge is -2.18. The Bertz CT molecular complexity index is 1100. The van der Waals surface area contributed by atoms with Crippen molar-refractivity contribution >= 4 is 40.4 Å². The molecule has 0 aliphatic carbocycles. The fourth-order valence-corrected chi connectivity index (χ4v) is 3.96. The van der Waals surface area contributed by atoms with Crippen LogP contribution in [0.3, 0.4) is 0 Å². The average molecular weight is 504 g/mol. The van der Waals surface area contributed by atoms with Gasteiger partial charge in [0.1, 0.15) is 24.0 Å². The van der Waals surface area contributed by atoms with Crippen LogP contribution in [0.15, 0.2) is 42.5 Å². The molecule has 1 fully saturated rings. The predicted molar refractivity (Wildman–Crippen MR) is 139 cm³/mol. The van der Waals surface area contributed by atoms with Crippen molar-refractivity contribution in [3.63, 3.8) is 0 Å². The Balaban J connectivity index is 1.86. The largest absolute Gasteiger partial charge is 0.489 e. The number of carbonyl (C=O) groups is 1. The minimum Gasteiger partial charge on any atom is -0.489 e. The number of ether oxygens (including phenoxy) is 2. The normalized spacial score (nSPS) is 15.9. The number of anilines is 3. The molecule has 1 atom stereocenters. The second-order valence-corrected chi connectivity index (χ2v) is 8.56. The number of likely N-dealkylation sites (N-methyl/N-ethyl adjacent to an activating group) is 1. The van der Waals surface area contributed by atoms with Crippen LogP contribution < -0.4 is 20.7 Å². The Morgan fingerprint density at radius 2 is 2.06 bits per heavy atom. The van der Waals surface area contributed by atoms with Gasteiger partial charge in [-0.25, -0.2) is 4.39 Å². The first-order valence-electron chi connectivity index (χ1n) is 11.3. The Morgan fingerprint density at radius 3 is 2.71 bits per heavy atom. The predicted octanol–water partition coefficient (Wildman–Crippen LogP) is 4.57. The van der Waals surface area contributed by atoms with Crippen LogP contribution in [0, 0.1) is 11.2 Å². The van der Waals surface area contributed by atoms with Gasteiger partial charge in [0.15, 0.2) is 0 Å². The zero-order valence-corrected chi connectivity index (χ0v) is 20.8. The smallest absolute Gasteiger partial charge is 0.248 e. The average Bonchev–Trinajstić information content (AvgIpc) is 3.25. The minimum atomic E-state index is -0.543. The second kappa shape index (κ2) is 12.5. The summed E-state index contributed by atoms with van der Waals surface area (Å²) in [6.45, 7) is 1.67. The van der Waals surface area contributed by atoms with Gasteiger partial charge in [0.2, 0.25) is 5.91 Å². The van der Waals surface area contributed by atoms with Crippen LogP contribution in [-0.4, -0.2) is 63.6 Å². The van der Waals surface area contributed by atoms with Crippen molar-refractivity contribution in [3.05, 3.63) is 58.9 Å². The van der Waals surface area contributed by atoms with E-state index in [-0.39, 0.29) is 29.4 Å². The van der Waals surface area contributed by atoms with Crippen molar-refractivity contribution in [2.45, 2.75) is 18.9 Å². The van der Waals surface area contributed by atoms with Crippen molar-refractivity contribution in [1.82, 2.24) is 4.90 Å². The number of benzene rings is 2. The molecule has 3 rings (SSSR count). The highest BCUT2D eigenvalue weighted by Gasteiger charge is 2.19. The summed E-state index contributed by atoms with van der Waals surface area (Å²) in [6.07, 6.45) is 5.55. The molecule has 4 N–H and O–H groups in total. The van der Waals surface area contributed by atoms with Crippen LogP contribution in [0.2, 0.25) is 5.02 Å². The standard InChI is InChI=1S/C25H31ClFN5O3/c1-29-21-15-23(35-12-11-34-3)22(31-24(33)9-7-17-5-4-10-32(17)2)14-18(21)25(28)30-16-6-8-20(27)19(26)13-16/h6-9,13-15,17,29H,4-5,10-12H2,1-3H3,(H2,28,30)(H,31,33)/b9-7+/t17-/m1/s1. The van der Waals surface area contributed by atoms with E-state index in [0.29, 0.717) is 35.0 Å². The van der Waals surface area contributed by atoms with E-state index < -0.39 is 5.82 Å². The number of hydrogen-bond acceptors (Lipinski definition) is 6. The summed E-state index contributed by atoms with van der Waals surface area (Å²) in [6, 6.07) is 7.72. The molecule has 1 heterocycles. The van der Waals surface area contributed by atoms with Gasteiger partial charge in [0.25, 0.3) is 0 Å². The highest BCUT2D eigenvalue weighted by Crippen LogP contribution is 2.33. The molecular weight excluding hydrogens is 473 g/mol. The molecule has 35 heavy (non-hydrogen) atoms. The molecule has 1 aliphatic heterocycles. The first-order valence-corrected chi connectivity index (χ1v) is 11.7. The molecule has 1 amide bonds. The highest BCUT2D eigenvalue weighted by molar-refractivity contribution is 6.31. The summed E-state index contributed by atoms with van der Waals surface area (Å²) in [5.74, 6) is -0.375. The molecule has 0 unspecified atom stereocenters. The molecular formula is C25H31ClFN5O3. The molecule has 8 nitrogen and oxygen atoms in total. The van der Waals surface area contributed by atoms with Crippen LogP contribution in [0.25, 0.3) is 0 Å². The third-order valence-electron chi connectivity index (χ3n) is 5.70. The van der Waals surface area contributed by atoms with Gasteiger partial charge in [-0.05, 0) is 50.7 Å². The Morgan fingerprint density at radius 1 is 1.26 bits per heavy atom. The molecule has 1 saturated heterocycles. The number of amidine groups is 1. The van der Waals surface area contributed by atoms with E-state index >= 15 is 0 Å². The molecule has 0 saturated carbocycles. The van der Waals surface area contributed by atoms with Gasteiger partial charge in [-0.2, -0.15) is 0 Å². The molecule has 2 aromatic carbocycles. The van der Waals surface area contributed by atoms with Gasteiger partial charge in [-0.3, -0.25) is 15.1 Å². The first-order chi connectivity index (χ1) is 16.8. The number of rotatable bonds is 10. The lowest BCUT2D eigenvalue weighted by Crippen LogP contribution is -2.23. The Labute approximate surface area is 209 Å². The van der Waals surface area contributed by atoms with Gasteiger partial charge in [-0.1, -0.05) is 17.7 Å². The molecule has 0 radical (unpaired) electrons. The lowest BCUT2D eigenvalue weighted by atomic mass is 10.1. The molecule has 2 aromatic rings. The van der Waals surface area contributed by atoms with Crippen LogP contribution in [0.1, 0.15) is 18.4 Å². The van der Waals surface area contributed by atoms with Crippen LogP contribution in [0.5, 0.6) is 5.75 Å². The zero-order valence-electron chi connectivity index (χ0n) is 20.1. The number of likely N-dealkylation sites (tertiary alicyclic amines) is 1. The number of amides is 1. The van der Waals surface area contributed by atoms with Crippen molar-refractivity contribution in [1.29, 1.82) is 5.41 Å². The summed E-state index contributed by atoms with van der Waals surface area (Å²) >= 11 is 5.87. The van der Waals surface area contributed by atoms with Crippen LogP contribution >= 0.6 is 11.6 Å². The van der Waals surface area contributed by atoms with E-state index in [2.05, 4.69) is 20.9 Å². The number of methoxy groups -OCH3 is 1. The summed E-state index contributed by atoms with van der Waals surface area (Å²) < 4.78 is 24.4. The van der Waals surface area contributed by atoms with E-state index in [0.717, 1.165) is 19.4 Å². The topological polar surface area (TPSA) is 98.7 Å². The fraction of sp³-hybridized carbons (Fsp3) is 0.360. The first kappa shape index (κ1) is 26.5. The summed E-state index contributed by atoms with van der Waals surface area (Å²) in [5.41, 5.74) is 1.94. The fourth-order valence-electron chi connectivity index (χ4n) is 3.78. The van der Waals surface area contributed by atoms with E-state index in [1.807, 2.05) is 13.1 Å². The number of nitrogens with one attached hydrogen (secondary N) is 4. The molecule has 0 bridgehead atoms. The quantitative estimate of drug-likeness (QED) is 0.164. The minimum absolute atomic E-state index is 0.0269. The molecule has 0 aromatic heterocycles. The third kappa shape index (κ3) is 7.17. The summed E-state index contributed by atoms with van der Waals surface area (Å²) in [7, 11) is 5.34. The van der Waals surface area contributed by atoms with Crippen molar-refractivity contribution in [3.8, 4) is 5.75 Å². The highest BCUT2D eigenvalue weighted by atomic mass is 35.5. The summed E-state index contributed by atoms with van der Waals surface area (Å²) in [4.78, 5) is 14.9. The second-order valence-electron chi connectivity index (χ2n) is 8.15.